The highest BCUT2D eigenvalue weighted by molar-refractivity contribution is 9.10. The van der Waals surface area contributed by atoms with Crippen LogP contribution in [0.5, 0.6) is 5.75 Å². The molecule has 1 aliphatic heterocycles. The molecule has 0 fully saturated rings. The number of carbonyl (C=O) groups excluding carboxylic acids is 1. The van der Waals surface area contributed by atoms with Crippen LogP contribution in [-0.4, -0.2) is 12.5 Å². The second-order valence-electron chi connectivity index (χ2n) is 4.50. The molecule has 0 atom stereocenters. The van der Waals surface area contributed by atoms with Crippen molar-refractivity contribution in [3.63, 3.8) is 0 Å². The van der Waals surface area contributed by atoms with Gasteiger partial charge in [-0.15, -0.1) is 0 Å². The summed E-state index contributed by atoms with van der Waals surface area (Å²) in [6, 6.07) is 10.8. The van der Waals surface area contributed by atoms with E-state index in [1.807, 2.05) is 12.1 Å². The van der Waals surface area contributed by atoms with Gasteiger partial charge in [0.2, 0.25) is 0 Å². The van der Waals surface area contributed by atoms with E-state index < -0.39 is 0 Å². The molecule has 102 valence electrons. The van der Waals surface area contributed by atoms with E-state index in [0.29, 0.717) is 22.9 Å². The predicted octanol–water partition coefficient (Wildman–Crippen LogP) is 4.29. The maximum Gasteiger partial charge on any atom is 0.255 e. The van der Waals surface area contributed by atoms with Crippen LogP contribution in [0, 0.1) is 0 Å². The number of fused-ring (bicyclic) bond motifs is 1. The first-order valence-corrected chi connectivity index (χ1v) is 7.33. The van der Waals surface area contributed by atoms with Gasteiger partial charge in [0.15, 0.2) is 0 Å². The van der Waals surface area contributed by atoms with Gasteiger partial charge in [-0.1, -0.05) is 11.6 Å². The molecule has 1 amide bonds. The van der Waals surface area contributed by atoms with E-state index >= 15 is 0 Å². The number of halogens is 2. The fourth-order valence-corrected chi connectivity index (χ4v) is 2.53. The lowest BCUT2D eigenvalue weighted by molar-refractivity contribution is 0.102. The molecular formula is C15H11BrClNO2. The first-order valence-electron chi connectivity index (χ1n) is 6.15. The third-order valence-corrected chi connectivity index (χ3v) is 4.36. The van der Waals surface area contributed by atoms with Crippen molar-refractivity contribution in [1.82, 2.24) is 0 Å². The summed E-state index contributed by atoms with van der Waals surface area (Å²) in [4.78, 5) is 12.2. The van der Waals surface area contributed by atoms with E-state index in [9.17, 15) is 4.79 Å². The first kappa shape index (κ1) is 13.5. The molecule has 2 aromatic rings. The van der Waals surface area contributed by atoms with Gasteiger partial charge >= 0.3 is 0 Å². The summed E-state index contributed by atoms with van der Waals surface area (Å²) < 4.78 is 6.22. The molecule has 1 aliphatic rings. The summed E-state index contributed by atoms with van der Waals surface area (Å²) in [7, 11) is 0. The number of benzene rings is 2. The third-order valence-electron chi connectivity index (χ3n) is 3.13. The van der Waals surface area contributed by atoms with Gasteiger partial charge in [0, 0.05) is 22.1 Å². The molecule has 2 aromatic carbocycles. The minimum atomic E-state index is -0.155. The van der Waals surface area contributed by atoms with Crippen LogP contribution in [0.15, 0.2) is 40.9 Å². The summed E-state index contributed by atoms with van der Waals surface area (Å²) in [6.07, 6.45) is 0.848. The highest BCUT2D eigenvalue weighted by atomic mass is 79.9. The van der Waals surface area contributed by atoms with Crippen molar-refractivity contribution in [3.8, 4) is 5.75 Å². The lowest BCUT2D eigenvalue weighted by atomic mass is 10.1. The quantitative estimate of drug-likeness (QED) is 0.875. The van der Waals surface area contributed by atoms with Crippen LogP contribution >= 0.6 is 27.5 Å². The molecule has 1 N–H and O–H groups in total. The number of ether oxygens (including phenoxy) is 1. The predicted molar refractivity (Wildman–Crippen MR) is 82.7 cm³/mol. The zero-order valence-electron chi connectivity index (χ0n) is 10.5. The Labute approximate surface area is 130 Å². The lowest BCUT2D eigenvalue weighted by Crippen LogP contribution is -2.12. The Morgan fingerprint density at radius 3 is 2.90 bits per heavy atom. The molecule has 1 heterocycles. The molecule has 20 heavy (non-hydrogen) atoms. The molecular weight excluding hydrogens is 342 g/mol. The smallest absolute Gasteiger partial charge is 0.255 e. The van der Waals surface area contributed by atoms with Gasteiger partial charge in [-0.05, 0) is 57.9 Å². The molecule has 3 rings (SSSR count). The second kappa shape index (κ2) is 5.46. The first-order chi connectivity index (χ1) is 9.63. The van der Waals surface area contributed by atoms with Gasteiger partial charge in [0.05, 0.1) is 11.6 Å². The van der Waals surface area contributed by atoms with Gasteiger partial charge in [-0.2, -0.15) is 0 Å². The van der Waals surface area contributed by atoms with Gasteiger partial charge in [-0.25, -0.2) is 0 Å². The molecule has 5 heteroatoms. The zero-order chi connectivity index (χ0) is 14.1. The lowest BCUT2D eigenvalue weighted by Gasteiger charge is -2.07. The van der Waals surface area contributed by atoms with E-state index in [-0.39, 0.29) is 5.91 Å². The maximum atomic E-state index is 12.2. The number of hydrogen-bond donors (Lipinski definition) is 1. The average molecular weight is 353 g/mol. The monoisotopic (exact) mass is 351 g/mol. The van der Waals surface area contributed by atoms with Crippen LogP contribution in [0.1, 0.15) is 15.9 Å². The van der Waals surface area contributed by atoms with Gasteiger partial charge < -0.3 is 10.1 Å². The third kappa shape index (κ3) is 2.67. The van der Waals surface area contributed by atoms with E-state index in [4.69, 9.17) is 16.3 Å². The van der Waals surface area contributed by atoms with Crippen molar-refractivity contribution in [2.45, 2.75) is 6.42 Å². The fraction of sp³-hybridized carbons (Fsp3) is 0.133. The highest BCUT2D eigenvalue weighted by Crippen LogP contribution is 2.28. The summed E-state index contributed by atoms with van der Waals surface area (Å²) >= 11 is 9.32. The van der Waals surface area contributed by atoms with Crippen LogP contribution in [0.25, 0.3) is 0 Å². The average Bonchev–Trinajstić information content (AvgIpc) is 2.90. The Kier molecular flexibility index (Phi) is 3.68. The van der Waals surface area contributed by atoms with Crippen LogP contribution in [-0.2, 0) is 6.42 Å². The number of anilines is 1. The fourth-order valence-electron chi connectivity index (χ4n) is 2.10. The largest absolute Gasteiger partial charge is 0.493 e. The molecule has 0 saturated carbocycles. The number of rotatable bonds is 2. The standard InChI is InChI=1S/C15H11BrClNO2/c16-12-3-2-11(8-13(12)17)18-15(19)10-1-4-14-9(7-10)5-6-20-14/h1-4,7-8H,5-6H2,(H,18,19). The van der Waals surface area contributed by atoms with E-state index in [0.717, 1.165) is 22.2 Å². The normalized spacial score (nSPS) is 12.7. The molecule has 0 unspecified atom stereocenters. The van der Waals surface area contributed by atoms with Crippen LogP contribution in [0.4, 0.5) is 5.69 Å². The Morgan fingerprint density at radius 1 is 1.25 bits per heavy atom. The number of amides is 1. The second-order valence-corrected chi connectivity index (χ2v) is 5.77. The van der Waals surface area contributed by atoms with E-state index in [1.54, 1.807) is 24.3 Å². The van der Waals surface area contributed by atoms with Crippen LogP contribution in [0.2, 0.25) is 5.02 Å². The number of nitrogens with one attached hydrogen (secondary N) is 1. The van der Waals surface area contributed by atoms with Crippen molar-refractivity contribution < 1.29 is 9.53 Å². The van der Waals surface area contributed by atoms with E-state index in [2.05, 4.69) is 21.2 Å². The number of hydrogen-bond acceptors (Lipinski definition) is 2. The summed E-state index contributed by atoms with van der Waals surface area (Å²) in [5.41, 5.74) is 2.36. The Balaban J connectivity index is 1.80. The van der Waals surface area contributed by atoms with Crippen molar-refractivity contribution in [2.24, 2.45) is 0 Å². The number of carbonyl (C=O) groups is 1. The summed E-state index contributed by atoms with van der Waals surface area (Å²) in [5.74, 6) is 0.714. The summed E-state index contributed by atoms with van der Waals surface area (Å²) in [5, 5.41) is 3.39. The molecule has 0 radical (unpaired) electrons. The van der Waals surface area contributed by atoms with Gasteiger partial charge in [0.1, 0.15) is 5.75 Å². The van der Waals surface area contributed by atoms with Crippen molar-refractivity contribution in [2.75, 3.05) is 11.9 Å². The topological polar surface area (TPSA) is 38.3 Å². The minimum Gasteiger partial charge on any atom is -0.493 e. The molecule has 0 aromatic heterocycles. The van der Waals surface area contributed by atoms with Gasteiger partial charge in [0.25, 0.3) is 5.91 Å². The molecule has 0 spiro atoms. The zero-order valence-corrected chi connectivity index (χ0v) is 12.8. The van der Waals surface area contributed by atoms with Crippen LogP contribution in [0.3, 0.4) is 0 Å². The summed E-state index contributed by atoms with van der Waals surface area (Å²) in [6.45, 7) is 0.683. The van der Waals surface area contributed by atoms with Crippen LogP contribution < -0.4 is 10.1 Å². The van der Waals surface area contributed by atoms with Crippen molar-refractivity contribution in [3.05, 3.63) is 57.0 Å². The van der Waals surface area contributed by atoms with E-state index in [1.165, 1.54) is 0 Å². The molecule has 0 bridgehead atoms. The molecule has 0 aliphatic carbocycles. The molecule has 0 saturated heterocycles. The van der Waals surface area contributed by atoms with Crippen molar-refractivity contribution >= 4 is 39.1 Å². The Hall–Kier alpha value is -1.52. The SMILES string of the molecule is O=C(Nc1ccc(Br)c(Cl)c1)c1ccc2c(c1)CCO2. The molecule has 3 nitrogen and oxygen atoms in total. The Morgan fingerprint density at radius 2 is 2.10 bits per heavy atom. The highest BCUT2D eigenvalue weighted by Gasteiger charge is 2.15. The Bertz CT molecular complexity index is 688. The minimum absolute atomic E-state index is 0.155. The maximum absolute atomic E-state index is 12.2. The van der Waals surface area contributed by atoms with Crippen molar-refractivity contribution in [1.29, 1.82) is 0 Å². The van der Waals surface area contributed by atoms with Gasteiger partial charge in [-0.3, -0.25) is 4.79 Å².